The maximum absolute atomic E-state index is 12.6. The van der Waals surface area contributed by atoms with E-state index < -0.39 is 103 Å². The summed E-state index contributed by atoms with van der Waals surface area (Å²) in [6.07, 6.45) is -14.4. The van der Waals surface area contributed by atoms with Gasteiger partial charge in [-0.25, -0.2) is 0 Å². The van der Waals surface area contributed by atoms with E-state index in [1.807, 2.05) is 0 Å². The summed E-state index contributed by atoms with van der Waals surface area (Å²) in [6.45, 7) is -1.34. The van der Waals surface area contributed by atoms with E-state index in [0.29, 0.717) is 5.56 Å². The first kappa shape index (κ1) is 32.4. The number of rotatable bonds is 9. The lowest BCUT2D eigenvalue weighted by Crippen LogP contribution is -2.62. The number of phenolic OH excluding ortho intramolecular Hbond substituents is 4. The number of benzene rings is 2. The molecule has 16 nitrogen and oxygen atoms in total. The Labute approximate surface area is 243 Å². The second kappa shape index (κ2) is 13.4. The maximum Gasteiger partial charge on any atom is 0.229 e. The molecule has 0 saturated carbocycles. The molecule has 2 saturated heterocycles. The van der Waals surface area contributed by atoms with Gasteiger partial charge in [0, 0.05) is 0 Å². The number of hydrogen-bond acceptors (Lipinski definition) is 16. The Morgan fingerprint density at radius 1 is 0.744 bits per heavy atom. The van der Waals surface area contributed by atoms with Crippen LogP contribution in [0, 0.1) is 0 Å². The number of aliphatic hydroxyl groups excluding tert-OH is 7. The average molecular weight is 613 g/mol. The van der Waals surface area contributed by atoms with E-state index in [2.05, 4.69) is 0 Å². The molecule has 0 spiro atoms. The molecule has 43 heavy (non-hydrogen) atoms. The fourth-order valence-corrected chi connectivity index (χ4v) is 4.43. The Bertz CT molecular complexity index is 1310. The van der Waals surface area contributed by atoms with Gasteiger partial charge in [-0.3, -0.25) is 4.79 Å². The van der Waals surface area contributed by atoms with Gasteiger partial charge < -0.3 is 75.1 Å². The monoisotopic (exact) mass is 612 g/mol. The third-order valence-corrected chi connectivity index (χ3v) is 6.99. The van der Waals surface area contributed by atoms with Crippen LogP contribution in [0.4, 0.5) is 0 Å². The largest absolute Gasteiger partial charge is 0.504 e. The Balaban J connectivity index is 1.44. The van der Waals surface area contributed by atoms with Crippen molar-refractivity contribution >= 4 is 11.9 Å². The molecule has 4 rings (SSSR count). The number of ketones is 1. The van der Waals surface area contributed by atoms with Crippen molar-refractivity contribution in [2.75, 3.05) is 13.2 Å². The molecule has 2 aromatic carbocycles. The lowest BCUT2D eigenvalue weighted by Gasteiger charge is -2.42. The van der Waals surface area contributed by atoms with Crippen LogP contribution in [0.1, 0.15) is 15.9 Å². The Kier molecular flexibility index (Phi) is 10.1. The summed E-state index contributed by atoms with van der Waals surface area (Å²) in [5, 5.41) is 110. The van der Waals surface area contributed by atoms with Crippen molar-refractivity contribution in [2.45, 2.75) is 61.4 Å². The van der Waals surface area contributed by atoms with Gasteiger partial charge in [-0.2, -0.15) is 0 Å². The molecule has 10 unspecified atom stereocenters. The van der Waals surface area contributed by atoms with Gasteiger partial charge >= 0.3 is 0 Å². The summed E-state index contributed by atoms with van der Waals surface area (Å²) in [4.78, 5) is 12.6. The van der Waals surface area contributed by atoms with Crippen molar-refractivity contribution in [2.24, 2.45) is 0 Å². The molecule has 10 atom stereocenters. The van der Waals surface area contributed by atoms with Gasteiger partial charge in [-0.15, -0.1) is 0 Å². The number of ether oxygens (including phenoxy) is 4. The van der Waals surface area contributed by atoms with Crippen molar-refractivity contribution in [1.82, 2.24) is 0 Å². The Morgan fingerprint density at radius 3 is 2.02 bits per heavy atom. The maximum atomic E-state index is 12.6. The van der Waals surface area contributed by atoms with Crippen molar-refractivity contribution in [3.8, 4) is 28.7 Å². The number of aromatic hydroxyl groups is 4. The molecule has 0 bridgehead atoms. The molecule has 16 heteroatoms. The van der Waals surface area contributed by atoms with E-state index >= 15 is 0 Å². The van der Waals surface area contributed by atoms with Crippen LogP contribution in [0.5, 0.6) is 28.7 Å². The second-order valence-electron chi connectivity index (χ2n) is 9.92. The Morgan fingerprint density at radius 2 is 1.37 bits per heavy atom. The first-order valence-corrected chi connectivity index (χ1v) is 12.9. The van der Waals surface area contributed by atoms with E-state index in [0.717, 1.165) is 18.2 Å². The molecular formula is C27H32O16. The quantitative estimate of drug-likeness (QED) is 0.0787. The van der Waals surface area contributed by atoms with Gasteiger partial charge in [-0.05, 0) is 35.9 Å². The highest BCUT2D eigenvalue weighted by Gasteiger charge is 2.48. The van der Waals surface area contributed by atoms with E-state index in [9.17, 15) is 61.0 Å². The summed E-state index contributed by atoms with van der Waals surface area (Å²) < 4.78 is 21.4. The number of allylic oxidation sites excluding steroid dienone is 1. The number of phenols is 4. The zero-order chi connectivity index (χ0) is 31.6. The molecule has 236 valence electrons. The normalized spacial score (nSPS) is 33.0. The predicted molar refractivity (Wildman–Crippen MR) is 140 cm³/mol. The standard InChI is InChI=1S/C27H32O16/c28-8-16-20(34)22(36)24(38)26(42-16)40-9-17-21(35)23(37)25(39)27(43-17)41-15-6-3-11(18(32)19(15)33)12(29)4-1-10-2-5-13(30)14(31)7-10/h1-7,16-17,20-28,30-39H,8-9H2. The minimum absolute atomic E-state index is 0.349. The number of carbonyl (C=O) groups excluding carboxylic acids is 1. The summed E-state index contributed by atoms with van der Waals surface area (Å²) >= 11 is 0. The van der Waals surface area contributed by atoms with Crippen molar-refractivity contribution in [1.29, 1.82) is 0 Å². The van der Waals surface area contributed by atoms with E-state index in [1.165, 1.54) is 24.3 Å². The highest BCUT2D eigenvalue weighted by molar-refractivity contribution is 6.09. The van der Waals surface area contributed by atoms with Crippen molar-refractivity contribution < 1.29 is 79.9 Å². The molecule has 2 heterocycles. The zero-order valence-electron chi connectivity index (χ0n) is 22.2. The van der Waals surface area contributed by atoms with Crippen LogP contribution in [-0.4, -0.2) is 137 Å². The predicted octanol–water partition coefficient (Wildman–Crippen LogP) is -2.59. The number of aliphatic hydroxyl groups is 7. The first-order chi connectivity index (χ1) is 20.3. The topological polar surface area (TPSA) is 277 Å². The molecule has 2 aliphatic rings. The third-order valence-electron chi connectivity index (χ3n) is 6.99. The van der Waals surface area contributed by atoms with Crippen LogP contribution in [-0.2, 0) is 14.2 Å². The van der Waals surface area contributed by atoms with Crippen LogP contribution in [0.15, 0.2) is 36.4 Å². The fraction of sp³-hybridized carbons (Fsp3) is 0.444. The minimum atomic E-state index is -1.88. The summed E-state index contributed by atoms with van der Waals surface area (Å²) in [5.41, 5.74) is -0.00274. The van der Waals surface area contributed by atoms with Gasteiger partial charge in [0.2, 0.25) is 12.0 Å². The second-order valence-corrected chi connectivity index (χ2v) is 9.92. The SMILES string of the molecule is O=C(C=Cc1ccc(O)c(O)c1)c1ccc(OC2OC(COC3OC(CO)C(O)C(O)C3O)C(O)C(O)C2O)c(O)c1O. The van der Waals surface area contributed by atoms with Gasteiger partial charge in [0.1, 0.15) is 48.8 Å². The molecule has 0 aliphatic carbocycles. The van der Waals surface area contributed by atoms with E-state index in [4.69, 9.17) is 18.9 Å². The first-order valence-electron chi connectivity index (χ1n) is 12.9. The smallest absolute Gasteiger partial charge is 0.229 e. The van der Waals surface area contributed by atoms with Crippen LogP contribution in [0.2, 0.25) is 0 Å². The summed E-state index contributed by atoms with van der Waals surface area (Å²) in [6, 6.07) is 5.96. The molecule has 0 radical (unpaired) electrons. The highest BCUT2D eigenvalue weighted by atomic mass is 16.7. The fourth-order valence-electron chi connectivity index (χ4n) is 4.43. The van der Waals surface area contributed by atoms with E-state index in [1.54, 1.807) is 0 Å². The van der Waals surface area contributed by atoms with Gasteiger partial charge in [0.15, 0.2) is 35.1 Å². The zero-order valence-corrected chi connectivity index (χ0v) is 22.2. The van der Waals surface area contributed by atoms with Crippen LogP contribution >= 0.6 is 0 Å². The number of carbonyl (C=O) groups is 1. The van der Waals surface area contributed by atoms with E-state index in [-0.39, 0.29) is 11.3 Å². The molecule has 2 fully saturated rings. The van der Waals surface area contributed by atoms with Crippen molar-refractivity contribution in [3.05, 3.63) is 47.5 Å². The highest BCUT2D eigenvalue weighted by Crippen LogP contribution is 2.40. The van der Waals surface area contributed by atoms with Gasteiger partial charge in [0.05, 0.1) is 18.8 Å². The van der Waals surface area contributed by atoms with Crippen LogP contribution < -0.4 is 4.74 Å². The van der Waals surface area contributed by atoms with Gasteiger partial charge in [0.25, 0.3) is 0 Å². The summed E-state index contributed by atoms with van der Waals surface area (Å²) in [7, 11) is 0. The average Bonchev–Trinajstić information content (AvgIpc) is 2.99. The minimum Gasteiger partial charge on any atom is -0.504 e. The molecule has 2 aliphatic heterocycles. The molecule has 2 aromatic rings. The lowest BCUT2D eigenvalue weighted by molar-refractivity contribution is -0.323. The Hall–Kier alpha value is -3.55. The molecule has 0 aromatic heterocycles. The third kappa shape index (κ3) is 6.84. The molecule has 0 amide bonds. The molecule has 11 N–H and O–H groups in total. The van der Waals surface area contributed by atoms with Gasteiger partial charge in [-0.1, -0.05) is 12.1 Å². The van der Waals surface area contributed by atoms with Crippen LogP contribution in [0.25, 0.3) is 6.08 Å². The number of hydrogen-bond donors (Lipinski definition) is 11. The molecular weight excluding hydrogens is 580 g/mol. The lowest BCUT2D eigenvalue weighted by atomic mass is 9.98. The van der Waals surface area contributed by atoms with Crippen molar-refractivity contribution in [3.63, 3.8) is 0 Å². The van der Waals surface area contributed by atoms with Crippen LogP contribution in [0.3, 0.4) is 0 Å². The summed E-state index contributed by atoms with van der Waals surface area (Å²) in [5.74, 6) is -3.83.